The largest absolute Gasteiger partial charge is 0.349 e. The zero-order valence-corrected chi connectivity index (χ0v) is 8.60. The number of carbonyl (C=O) groups is 1. The fourth-order valence-corrected chi connectivity index (χ4v) is 0.999. The van der Waals surface area contributed by atoms with Gasteiger partial charge in [0.05, 0.1) is 6.54 Å². The Balaban J connectivity index is 2.59. The maximum Gasteiger partial charge on any atom is 0.345 e. The van der Waals surface area contributed by atoms with Crippen molar-refractivity contribution in [3.8, 4) is 0 Å². The summed E-state index contributed by atoms with van der Waals surface area (Å²) in [6.45, 7) is 0.330. The molecule has 0 aromatic carbocycles. The quantitative estimate of drug-likeness (QED) is 0.629. The van der Waals surface area contributed by atoms with Crippen LogP contribution in [0, 0.1) is 0 Å². The summed E-state index contributed by atoms with van der Waals surface area (Å²) in [4.78, 5) is 24.0. The molecule has 1 amide bonds. The minimum absolute atomic E-state index is 0.0115. The molecule has 0 N–H and O–H groups in total. The van der Waals surface area contributed by atoms with Gasteiger partial charge in [-0.1, -0.05) is 0 Å². The first-order valence-electron chi connectivity index (χ1n) is 4.31. The summed E-state index contributed by atoms with van der Waals surface area (Å²) < 4.78 is 2.65. The highest BCUT2D eigenvalue weighted by molar-refractivity contribution is 5.75. The minimum Gasteiger partial charge on any atom is -0.349 e. The van der Waals surface area contributed by atoms with Crippen molar-refractivity contribution < 1.29 is 4.79 Å². The van der Waals surface area contributed by atoms with Crippen LogP contribution in [0.25, 0.3) is 0 Å². The number of carbonyl (C=O) groups excluding carboxylic acids is 1. The molecule has 0 saturated carbocycles. The monoisotopic (exact) mass is 198 g/mol. The van der Waals surface area contributed by atoms with Crippen molar-refractivity contribution in [1.82, 2.24) is 19.2 Å². The van der Waals surface area contributed by atoms with E-state index in [0.29, 0.717) is 13.0 Å². The molecule has 6 heteroatoms. The van der Waals surface area contributed by atoms with Crippen LogP contribution in [0.4, 0.5) is 0 Å². The topological polar surface area (TPSA) is 60.1 Å². The molecular weight excluding hydrogens is 184 g/mol. The van der Waals surface area contributed by atoms with Crippen molar-refractivity contribution >= 4 is 5.91 Å². The van der Waals surface area contributed by atoms with Gasteiger partial charge in [-0.15, -0.1) is 0 Å². The number of aromatic nitrogens is 3. The molecule has 0 unspecified atom stereocenters. The minimum atomic E-state index is -0.198. The number of nitrogens with zero attached hydrogens (tertiary/aromatic N) is 4. The lowest BCUT2D eigenvalue weighted by Gasteiger charge is -2.08. The van der Waals surface area contributed by atoms with Crippen LogP contribution >= 0.6 is 0 Å². The lowest BCUT2D eigenvalue weighted by molar-refractivity contribution is -0.128. The van der Waals surface area contributed by atoms with E-state index in [1.807, 2.05) is 0 Å². The zero-order valence-electron chi connectivity index (χ0n) is 8.60. The normalized spacial score (nSPS) is 10.2. The Morgan fingerprint density at radius 2 is 2.21 bits per heavy atom. The Hall–Kier alpha value is -1.59. The van der Waals surface area contributed by atoms with Gasteiger partial charge in [-0.3, -0.25) is 9.36 Å². The molecule has 1 aromatic rings. The highest BCUT2D eigenvalue weighted by Gasteiger charge is 2.06. The first-order valence-corrected chi connectivity index (χ1v) is 4.31. The summed E-state index contributed by atoms with van der Waals surface area (Å²) in [5, 5.41) is 3.84. The molecule has 0 bridgehead atoms. The summed E-state index contributed by atoms with van der Waals surface area (Å²) in [7, 11) is 4.99. The molecule has 0 spiro atoms. The highest BCUT2D eigenvalue weighted by atomic mass is 16.2. The number of amides is 1. The van der Waals surface area contributed by atoms with E-state index in [4.69, 9.17) is 0 Å². The lowest BCUT2D eigenvalue weighted by Crippen LogP contribution is -2.27. The van der Waals surface area contributed by atoms with E-state index in [9.17, 15) is 9.59 Å². The van der Waals surface area contributed by atoms with E-state index in [-0.39, 0.29) is 11.6 Å². The second-order valence-electron chi connectivity index (χ2n) is 3.29. The summed E-state index contributed by atoms with van der Waals surface area (Å²) in [5.74, 6) is -0.0115. The molecule has 0 fully saturated rings. The first kappa shape index (κ1) is 10.5. The standard InChI is InChI=1S/C8H14N4O2/c1-10(2)7(13)4-5-12-8(14)11(3)6-9-12/h6H,4-5H2,1-3H3. The molecule has 1 aromatic heterocycles. The van der Waals surface area contributed by atoms with Crippen LogP contribution in [-0.4, -0.2) is 39.3 Å². The second kappa shape index (κ2) is 4.08. The van der Waals surface area contributed by atoms with Crippen LogP contribution in [0.3, 0.4) is 0 Å². The van der Waals surface area contributed by atoms with Gasteiger partial charge < -0.3 is 4.90 Å². The van der Waals surface area contributed by atoms with E-state index in [1.165, 1.54) is 20.5 Å². The molecule has 1 heterocycles. The summed E-state index contributed by atoms with van der Waals surface area (Å²) in [5.41, 5.74) is -0.198. The van der Waals surface area contributed by atoms with Gasteiger partial charge in [0, 0.05) is 27.6 Å². The fourth-order valence-electron chi connectivity index (χ4n) is 0.999. The molecule has 14 heavy (non-hydrogen) atoms. The molecular formula is C8H14N4O2. The van der Waals surface area contributed by atoms with Crippen molar-refractivity contribution in [3.63, 3.8) is 0 Å². The molecule has 6 nitrogen and oxygen atoms in total. The predicted molar refractivity (Wildman–Crippen MR) is 50.8 cm³/mol. The molecule has 78 valence electrons. The Morgan fingerprint density at radius 3 is 2.64 bits per heavy atom. The smallest absolute Gasteiger partial charge is 0.345 e. The van der Waals surface area contributed by atoms with E-state index >= 15 is 0 Å². The molecule has 0 atom stereocenters. The molecule has 0 aliphatic rings. The number of hydrogen-bond acceptors (Lipinski definition) is 3. The second-order valence-corrected chi connectivity index (χ2v) is 3.29. The van der Waals surface area contributed by atoms with Gasteiger partial charge in [-0.05, 0) is 0 Å². The van der Waals surface area contributed by atoms with Crippen LogP contribution in [0.15, 0.2) is 11.1 Å². The van der Waals surface area contributed by atoms with E-state index in [0.717, 1.165) is 0 Å². The van der Waals surface area contributed by atoms with Gasteiger partial charge in [-0.2, -0.15) is 5.10 Å². The fraction of sp³-hybridized carbons (Fsp3) is 0.625. The van der Waals surface area contributed by atoms with Gasteiger partial charge in [0.2, 0.25) is 5.91 Å². The third-order valence-corrected chi connectivity index (χ3v) is 1.92. The van der Waals surface area contributed by atoms with E-state index in [2.05, 4.69) is 5.10 Å². The van der Waals surface area contributed by atoms with Gasteiger partial charge in [0.25, 0.3) is 0 Å². The molecule has 0 aliphatic heterocycles. The highest BCUT2D eigenvalue weighted by Crippen LogP contribution is 1.89. The molecule has 1 rings (SSSR count). The average Bonchev–Trinajstić information content (AvgIpc) is 2.44. The number of rotatable bonds is 3. The summed E-state index contributed by atoms with van der Waals surface area (Å²) in [6.07, 6.45) is 1.73. The van der Waals surface area contributed by atoms with Crippen molar-refractivity contribution in [1.29, 1.82) is 0 Å². The van der Waals surface area contributed by atoms with Crippen molar-refractivity contribution in [2.75, 3.05) is 14.1 Å². The van der Waals surface area contributed by atoms with Gasteiger partial charge in [-0.25, -0.2) is 9.48 Å². The van der Waals surface area contributed by atoms with Crippen LogP contribution in [0.2, 0.25) is 0 Å². The lowest BCUT2D eigenvalue weighted by atomic mass is 10.4. The van der Waals surface area contributed by atoms with Crippen molar-refractivity contribution in [3.05, 3.63) is 16.8 Å². The maximum atomic E-state index is 11.3. The average molecular weight is 198 g/mol. The van der Waals surface area contributed by atoms with Gasteiger partial charge in [0.15, 0.2) is 0 Å². The van der Waals surface area contributed by atoms with Crippen molar-refractivity contribution in [2.45, 2.75) is 13.0 Å². The summed E-state index contributed by atoms with van der Waals surface area (Å²) >= 11 is 0. The Morgan fingerprint density at radius 1 is 1.57 bits per heavy atom. The first-order chi connectivity index (χ1) is 6.52. The van der Waals surface area contributed by atoms with Crippen LogP contribution in [0.1, 0.15) is 6.42 Å². The third-order valence-electron chi connectivity index (χ3n) is 1.92. The van der Waals surface area contributed by atoms with Crippen LogP contribution in [-0.2, 0) is 18.4 Å². The zero-order chi connectivity index (χ0) is 10.7. The summed E-state index contributed by atoms with van der Waals surface area (Å²) in [6, 6.07) is 0. The molecule has 0 aliphatic carbocycles. The SMILES string of the molecule is CN(C)C(=O)CCn1ncn(C)c1=O. The Bertz CT molecular complexity index is 377. The van der Waals surface area contributed by atoms with Crippen LogP contribution in [0.5, 0.6) is 0 Å². The molecule has 0 saturated heterocycles. The third kappa shape index (κ3) is 2.21. The van der Waals surface area contributed by atoms with Crippen LogP contribution < -0.4 is 5.69 Å². The molecule has 0 radical (unpaired) electrons. The Labute approximate surface area is 81.7 Å². The van der Waals surface area contributed by atoms with E-state index < -0.39 is 0 Å². The van der Waals surface area contributed by atoms with Crippen molar-refractivity contribution in [2.24, 2.45) is 7.05 Å². The number of hydrogen-bond donors (Lipinski definition) is 0. The van der Waals surface area contributed by atoms with Gasteiger partial charge >= 0.3 is 5.69 Å². The Kier molecular flexibility index (Phi) is 3.06. The van der Waals surface area contributed by atoms with E-state index in [1.54, 1.807) is 21.1 Å². The maximum absolute atomic E-state index is 11.3. The predicted octanol–water partition coefficient (Wildman–Crippen LogP) is -0.940. The van der Waals surface area contributed by atoms with Gasteiger partial charge in [0.1, 0.15) is 6.33 Å². The number of aryl methyl sites for hydroxylation is 2.